The first kappa shape index (κ1) is 14.9. The number of nitrogens with zero attached hydrogens (tertiary/aromatic N) is 1. The molecule has 0 aliphatic rings. The summed E-state index contributed by atoms with van der Waals surface area (Å²) in [6.07, 6.45) is -0.111. The predicted octanol–water partition coefficient (Wildman–Crippen LogP) is 0.0821. The van der Waals surface area contributed by atoms with E-state index < -0.39 is 11.9 Å². The fourth-order valence-electron chi connectivity index (χ4n) is 1.34. The first-order valence-electron chi connectivity index (χ1n) is 5.38. The van der Waals surface area contributed by atoms with Gasteiger partial charge in [-0.1, -0.05) is 20.8 Å². The fourth-order valence-corrected chi connectivity index (χ4v) is 1.34. The van der Waals surface area contributed by atoms with E-state index in [1.807, 2.05) is 27.7 Å². The second kappa shape index (κ2) is 5.30. The molecule has 0 fully saturated rings. The van der Waals surface area contributed by atoms with E-state index in [9.17, 15) is 9.59 Å². The Morgan fingerprint density at radius 1 is 1.31 bits per heavy atom. The second-order valence-electron chi connectivity index (χ2n) is 5.27. The van der Waals surface area contributed by atoms with Gasteiger partial charge in [0, 0.05) is 13.1 Å². The Labute approximate surface area is 97.2 Å². The molecule has 2 amide bonds. The average molecular weight is 229 g/mol. The van der Waals surface area contributed by atoms with Crippen LogP contribution in [-0.2, 0) is 9.59 Å². The molecule has 0 saturated carbocycles. The van der Waals surface area contributed by atoms with E-state index in [1.165, 1.54) is 0 Å². The van der Waals surface area contributed by atoms with Crippen molar-refractivity contribution in [3.8, 4) is 0 Å². The van der Waals surface area contributed by atoms with E-state index in [0.29, 0.717) is 0 Å². The van der Waals surface area contributed by atoms with Gasteiger partial charge in [0.1, 0.15) is 0 Å². The highest BCUT2D eigenvalue weighted by Gasteiger charge is 2.29. The van der Waals surface area contributed by atoms with Gasteiger partial charge in [-0.3, -0.25) is 9.59 Å². The van der Waals surface area contributed by atoms with Crippen molar-refractivity contribution in [1.29, 1.82) is 0 Å². The van der Waals surface area contributed by atoms with Crippen molar-refractivity contribution >= 4 is 11.8 Å². The highest BCUT2D eigenvalue weighted by molar-refractivity contribution is 5.87. The molecule has 0 aliphatic carbocycles. The highest BCUT2D eigenvalue weighted by atomic mass is 16.2. The summed E-state index contributed by atoms with van der Waals surface area (Å²) in [7, 11) is 1.69. The van der Waals surface area contributed by atoms with Gasteiger partial charge in [-0.2, -0.15) is 0 Å². The van der Waals surface area contributed by atoms with Crippen LogP contribution in [0.25, 0.3) is 0 Å². The van der Waals surface area contributed by atoms with E-state index in [-0.39, 0.29) is 23.8 Å². The molecule has 0 saturated heterocycles. The Morgan fingerprint density at radius 2 is 1.75 bits per heavy atom. The summed E-state index contributed by atoms with van der Waals surface area (Å²) in [6, 6.07) is -0.800. The molecule has 94 valence electrons. The lowest BCUT2D eigenvalue weighted by atomic mass is 9.87. The van der Waals surface area contributed by atoms with Crippen molar-refractivity contribution in [2.75, 3.05) is 7.05 Å². The quantitative estimate of drug-likeness (QED) is 0.715. The molecule has 0 aromatic rings. The zero-order chi connectivity index (χ0) is 13.1. The van der Waals surface area contributed by atoms with Crippen LogP contribution in [0, 0.1) is 5.41 Å². The van der Waals surface area contributed by atoms with Crippen LogP contribution in [0.5, 0.6) is 0 Å². The van der Waals surface area contributed by atoms with E-state index in [2.05, 4.69) is 0 Å². The lowest BCUT2D eigenvalue weighted by Crippen LogP contribution is -2.50. The van der Waals surface area contributed by atoms with Gasteiger partial charge in [-0.05, 0) is 12.3 Å². The number of carbonyl (C=O) groups is 2. The van der Waals surface area contributed by atoms with Crippen LogP contribution in [0.15, 0.2) is 0 Å². The van der Waals surface area contributed by atoms with Crippen LogP contribution in [0.2, 0.25) is 0 Å². The topological polar surface area (TPSA) is 89.4 Å². The molecule has 0 heterocycles. The van der Waals surface area contributed by atoms with E-state index in [0.717, 1.165) is 0 Å². The average Bonchev–Trinajstić information content (AvgIpc) is 2.11. The molecule has 0 aromatic carbocycles. The van der Waals surface area contributed by atoms with E-state index >= 15 is 0 Å². The zero-order valence-corrected chi connectivity index (χ0v) is 10.8. The molecule has 5 nitrogen and oxygen atoms in total. The molecule has 5 heteroatoms. The molecule has 0 bridgehead atoms. The van der Waals surface area contributed by atoms with Gasteiger partial charge in [0.05, 0.1) is 12.5 Å². The second-order valence-corrected chi connectivity index (χ2v) is 5.27. The van der Waals surface area contributed by atoms with Crippen LogP contribution in [0.3, 0.4) is 0 Å². The molecule has 0 rings (SSSR count). The zero-order valence-electron chi connectivity index (χ0n) is 10.8. The summed E-state index contributed by atoms with van der Waals surface area (Å²) in [6.45, 7) is 8.08. The largest absolute Gasteiger partial charge is 0.370 e. The smallest absolute Gasteiger partial charge is 0.240 e. The normalized spacial score (nSPS) is 15.4. The Morgan fingerprint density at radius 3 is 2.06 bits per heavy atom. The predicted molar refractivity (Wildman–Crippen MR) is 63.5 cm³/mol. The summed E-state index contributed by atoms with van der Waals surface area (Å²) in [5.41, 5.74) is 10.6. The van der Waals surface area contributed by atoms with Gasteiger partial charge in [0.25, 0.3) is 0 Å². The minimum atomic E-state index is -0.840. The number of carbonyl (C=O) groups excluding carboxylic acids is 2. The maximum Gasteiger partial charge on any atom is 0.240 e. The first-order chi connectivity index (χ1) is 7.07. The van der Waals surface area contributed by atoms with Gasteiger partial charge >= 0.3 is 0 Å². The number of amides is 2. The minimum Gasteiger partial charge on any atom is -0.370 e. The fraction of sp³-hybridized carbons (Fsp3) is 0.818. The Hall–Kier alpha value is -1.10. The third-order valence-electron chi connectivity index (χ3n) is 2.92. The molecular formula is C11H23N3O2. The van der Waals surface area contributed by atoms with Crippen molar-refractivity contribution < 1.29 is 9.59 Å². The highest BCUT2D eigenvalue weighted by Crippen LogP contribution is 2.23. The summed E-state index contributed by atoms with van der Waals surface area (Å²) in [5, 5.41) is 0. The van der Waals surface area contributed by atoms with Crippen LogP contribution < -0.4 is 11.5 Å². The van der Waals surface area contributed by atoms with E-state index in [4.69, 9.17) is 11.5 Å². The summed E-state index contributed by atoms with van der Waals surface area (Å²) in [4.78, 5) is 24.1. The lowest BCUT2D eigenvalue weighted by Gasteiger charge is -2.36. The Bertz CT molecular complexity index is 271. The molecule has 2 atom stereocenters. The number of hydrogen-bond donors (Lipinski definition) is 2. The third-order valence-corrected chi connectivity index (χ3v) is 2.92. The third kappa shape index (κ3) is 4.18. The lowest BCUT2D eigenvalue weighted by molar-refractivity contribution is -0.136. The monoisotopic (exact) mass is 229 g/mol. The molecule has 16 heavy (non-hydrogen) atoms. The number of hydrogen-bond acceptors (Lipinski definition) is 3. The minimum absolute atomic E-state index is 0.0309. The molecular weight excluding hydrogens is 206 g/mol. The van der Waals surface area contributed by atoms with Crippen LogP contribution in [-0.4, -0.2) is 35.8 Å². The van der Waals surface area contributed by atoms with Crippen molar-refractivity contribution in [3.63, 3.8) is 0 Å². The standard InChI is InChI=1S/C11H23N3O2/c1-7(11(2,3)4)14(5)10(16)8(12)6-9(13)15/h7-8H,6,12H2,1-5H3,(H2,13,15). The van der Waals surface area contributed by atoms with Crippen molar-refractivity contribution in [2.45, 2.75) is 46.2 Å². The Balaban J connectivity index is 4.55. The molecule has 4 N–H and O–H groups in total. The van der Waals surface area contributed by atoms with Gasteiger partial charge in [-0.25, -0.2) is 0 Å². The van der Waals surface area contributed by atoms with Crippen molar-refractivity contribution in [1.82, 2.24) is 4.90 Å². The molecule has 0 spiro atoms. The summed E-state index contributed by atoms with van der Waals surface area (Å²) in [5.74, 6) is -0.807. The van der Waals surface area contributed by atoms with Crippen molar-refractivity contribution in [2.24, 2.45) is 16.9 Å². The number of likely N-dealkylation sites (N-methyl/N-ethyl adjacent to an activating group) is 1. The van der Waals surface area contributed by atoms with Gasteiger partial charge in [0.15, 0.2) is 0 Å². The maximum absolute atomic E-state index is 11.9. The SMILES string of the molecule is CC(N(C)C(=O)C(N)CC(N)=O)C(C)(C)C. The van der Waals surface area contributed by atoms with Gasteiger partial charge < -0.3 is 16.4 Å². The first-order valence-corrected chi connectivity index (χ1v) is 5.38. The number of nitrogens with two attached hydrogens (primary N) is 2. The maximum atomic E-state index is 11.9. The van der Waals surface area contributed by atoms with Crippen LogP contribution >= 0.6 is 0 Å². The molecule has 0 radical (unpaired) electrons. The summed E-state index contributed by atoms with van der Waals surface area (Å²) < 4.78 is 0. The summed E-state index contributed by atoms with van der Waals surface area (Å²) >= 11 is 0. The van der Waals surface area contributed by atoms with Gasteiger partial charge in [-0.15, -0.1) is 0 Å². The number of primary amides is 1. The van der Waals surface area contributed by atoms with Crippen molar-refractivity contribution in [3.05, 3.63) is 0 Å². The molecule has 0 aliphatic heterocycles. The van der Waals surface area contributed by atoms with Crippen LogP contribution in [0.1, 0.15) is 34.1 Å². The molecule has 2 unspecified atom stereocenters. The molecule has 0 aromatic heterocycles. The van der Waals surface area contributed by atoms with Crippen LogP contribution in [0.4, 0.5) is 0 Å². The Kier molecular flexibility index (Phi) is 4.93. The van der Waals surface area contributed by atoms with E-state index in [1.54, 1.807) is 11.9 Å². The van der Waals surface area contributed by atoms with Gasteiger partial charge in [0.2, 0.25) is 11.8 Å². The number of rotatable bonds is 4.